The molecule has 0 aliphatic heterocycles. The van der Waals surface area contributed by atoms with E-state index >= 15 is 0 Å². The lowest BCUT2D eigenvalue weighted by molar-refractivity contribution is -0.428. The average Bonchev–Trinajstić information content (AvgIpc) is 2.15. The highest BCUT2D eigenvalue weighted by Gasteiger charge is 2.02. The van der Waals surface area contributed by atoms with Gasteiger partial charge in [0.15, 0.2) is 0 Å². The van der Waals surface area contributed by atoms with Crippen molar-refractivity contribution in [1.29, 1.82) is 0 Å². The van der Waals surface area contributed by atoms with E-state index in [9.17, 15) is 20.2 Å². The third-order valence-corrected chi connectivity index (χ3v) is 1.52. The number of non-ortho nitro benzene ring substituents is 1. The first-order valence-electron chi connectivity index (χ1n) is 3.65. The molecule has 0 fully saturated rings. The van der Waals surface area contributed by atoms with Crippen LogP contribution in [0, 0.1) is 20.2 Å². The number of hydrogen-bond donors (Lipinski definition) is 1. The zero-order valence-corrected chi connectivity index (χ0v) is 7.99. The zero-order valence-electron chi connectivity index (χ0n) is 7.99. The molecule has 0 unspecified atom stereocenters. The Morgan fingerprint density at radius 2 is 1.67 bits per heavy atom. The standard InChI is InChI=1S/C7H6N3O4.H3N/c11-9(12)7-3-1-6(2-4-7)5-8-10(13)14;/h1-4H,5H2;1H3/q-1;/p+1. The van der Waals surface area contributed by atoms with Gasteiger partial charge in [-0.25, -0.2) is 0 Å². The van der Waals surface area contributed by atoms with Crippen molar-refractivity contribution in [3.8, 4) is 0 Å². The van der Waals surface area contributed by atoms with Crippen LogP contribution in [0.2, 0.25) is 0 Å². The lowest BCUT2D eigenvalue weighted by Gasteiger charge is -2.07. The van der Waals surface area contributed by atoms with Crippen LogP contribution in [-0.4, -0.2) is 9.96 Å². The van der Waals surface area contributed by atoms with E-state index in [4.69, 9.17) is 0 Å². The molecule has 0 spiro atoms. The minimum absolute atomic E-state index is 0. The predicted octanol–water partition coefficient (Wildman–Crippen LogP) is 2.04. The molecule has 0 aromatic heterocycles. The van der Waals surface area contributed by atoms with Gasteiger partial charge in [-0.05, 0) is 5.03 Å². The number of nitrogens with zero attached hydrogens (tertiary/aromatic N) is 3. The SMILES string of the molecule is O=[N+]([O-])[N-]Cc1ccc([N+](=O)[O-])cc1.[NH4+]. The van der Waals surface area contributed by atoms with E-state index in [-0.39, 0.29) is 18.4 Å². The monoisotopic (exact) mass is 214 g/mol. The molecule has 0 amide bonds. The first-order chi connectivity index (χ1) is 6.59. The summed E-state index contributed by atoms with van der Waals surface area (Å²) in [4.78, 5) is 19.6. The van der Waals surface area contributed by atoms with Crippen LogP contribution >= 0.6 is 0 Å². The summed E-state index contributed by atoms with van der Waals surface area (Å²) in [6.07, 6.45) is 0. The second-order valence-corrected chi connectivity index (χ2v) is 2.46. The maximum Gasteiger partial charge on any atom is 0.269 e. The van der Waals surface area contributed by atoms with E-state index in [0.717, 1.165) is 0 Å². The van der Waals surface area contributed by atoms with Gasteiger partial charge in [-0.1, -0.05) is 24.2 Å². The van der Waals surface area contributed by atoms with Gasteiger partial charge in [-0.2, -0.15) is 0 Å². The van der Waals surface area contributed by atoms with Crippen LogP contribution in [0.15, 0.2) is 24.3 Å². The van der Waals surface area contributed by atoms with Crippen molar-refractivity contribution >= 4 is 5.69 Å². The fraction of sp³-hybridized carbons (Fsp3) is 0.143. The van der Waals surface area contributed by atoms with Crippen LogP contribution in [0.25, 0.3) is 5.43 Å². The Kier molecular flexibility index (Phi) is 4.68. The predicted molar refractivity (Wildman–Crippen MR) is 53.1 cm³/mol. The van der Waals surface area contributed by atoms with Gasteiger partial charge >= 0.3 is 0 Å². The quantitative estimate of drug-likeness (QED) is 0.605. The molecular formula is C7H10N4O4. The first-order valence-corrected chi connectivity index (χ1v) is 3.65. The Balaban J connectivity index is 0.00000196. The highest BCUT2D eigenvalue weighted by atomic mass is 16.7. The fourth-order valence-corrected chi connectivity index (χ4v) is 0.862. The minimum Gasteiger partial charge on any atom is -0.375 e. The lowest BCUT2D eigenvalue weighted by Crippen LogP contribution is -1.93. The van der Waals surface area contributed by atoms with Crippen molar-refractivity contribution in [2.24, 2.45) is 0 Å². The normalized spacial score (nSPS) is 8.80. The van der Waals surface area contributed by atoms with Crippen molar-refractivity contribution in [3.63, 3.8) is 0 Å². The molecular weight excluding hydrogens is 204 g/mol. The molecule has 15 heavy (non-hydrogen) atoms. The van der Waals surface area contributed by atoms with Crippen LogP contribution < -0.4 is 6.15 Å². The summed E-state index contributed by atoms with van der Waals surface area (Å²) in [5, 5.41) is 19.3. The lowest BCUT2D eigenvalue weighted by atomic mass is 10.2. The van der Waals surface area contributed by atoms with E-state index in [1.807, 2.05) is 0 Å². The van der Waals surface area contributed by atoms with Gasteiger partial charge in [-0.3, -0.25) is 20.2 Å². The molecule has 8 nitrogen and oxygen atoms in total. The number of quaternary nitrogens is 1. The van der Waals surface area contributed by atoms with Crippen LogP contribution in [0.3, 0.4) is 0 Å². The molecule has 0 saturated heterocycles. The van der Waals surface area contributed by atoms with E-state index in [1.54, 1.807) is 0 Å². The van der Waals surface area contributed by atoms with Crippen molar-refractivity contribution in [3.05, 3.63) is 55.5 Å². The molecule has 0 bridgehead atoms. The molecule has 0 saturated carbocycles. The molecule has 1 aromatic rings. The summed E-state index contributed by atoms with van der Waals surface area (Å²) in [7, 11) is 0. The van der Waals surface area contributed by atoms with Crippen LogP contribution in [0.5, 0.6) is 0 Å². The molecule has 1 rings (SSSR count). The Labute approximate surface area is 84.8 Å². The van der Waals surface area contributed by atoms with E-state index in [2.05, 4.69) is 5.43 Å². The molecule has 8 heteroatoms. The van der Waals surface area contributed by atoms with E-state index in [1.165, 1.54) is 24.3 Å². The molecule has 0 atom stereocenters. The summed E-state index contributed by atoms with van der Waals surface area (Å²) in [5.74, 6) is 0. The Morgan fingerprint density at radius 1 is 1.13 bits per heavy atom. The molecule has 0 aliphatic carbocycles. The van der Waals surface area contributed by atoms with Gasteiger partial charge in [0, 0.05) is 12.1 Å². The van der Waals surface area contributed by atoms with E-state index < -0.39 is 9.96 Å². The van der Waals surface area contributed by atoms with Crippen LogP contribution in [-0.2, 0) is 6.54 Å². The van der Waals surface area contributed by atoms with Gasteiger partial charge in [0.25, 0.3) is 5.69 Å². The number of nitro groups is 2. The second-order valence-electron chi connectivity index (χ2n) is 2.46. The van der Waals surface area contributed by atoms with E-state index in [0.29, 0.717) is 5.56 Å². The number of benzene rings is 1. The highest BCUT2D eigenvalue weighted by molar-refractivity contribution is 5.33. The molecule has 1 aromatic carbocycles. The highest BCUT2D eigenvalue weighted by Crippen LogP contribution is 2.13. The summed E-state index contributed by atoms with van der Waals surface area (Å²) >= 11 is 0. The van der Waals surface area contributed by atoms with Crippen molar-refractivity contribution in [2.45, 2.75) is 6.54 Å². The topological polar surface area (TPSA) is 137 Å². The van der Waals surface area contributed by atoms with Gasteiger partial charge in [0.1, 0.15) is 0 Å². The smallest absolute Gasteiger partial charge is 0.269 e. The maximum absolute atomic E-state index is 10.3. The van der Waals surface area contributed by atoms with Crippen molar-refractivity contribution < 1.29 is 9.96 Å². The number of nitro benzene ring substituents is 1. The molecule has 4 N–H and O–H groups in total. The summed E-state index contributed by atoms with van der Waals surface area (Å²) < 4.78 is 0. The third-order valence-electron chi connectivity index (χ3n) is 1.52. The fourth-order valence-electron chi connectivity index (χ4n) is 0.862. The Hall–Kier alpha value is -2.22. The third kappa shape index (κ3) is 4.00. The zero-order chi connectivity index (χ0) is 10.6. The van der Waals surface area contributed by atoms with Crippen LogP contribution in [0.1, 0.15) is 5.56 Å². The average molecular weight is 214 g/mol. The minimum atomic E-state index is -0.790. The van der Waals surface area contributed by atoms with Gasteiger partial charge in [0.05, 0.1) is 4.92 Å². The molecule has 82 valence electrons. The first kappa shape index (κ1) is 12.8. The second kappa shape index (κ2) is 5.50. The number of rotatable bonds is 4. The Morgan fingerprint density at radius 3 is 2.07 bits per heavy atom. The van der Waals surface area contributed by atoms with Crippen molar-refractivity contribution in [2.75, 3.05) is 0 Å². The number of hydrogen-bond acceptors (Lipinski definition) is 4. The Bertz CT molecular complexity index is 351. The maximum atomic E-state index is 10.3. The van der Waals surface area contributed by atoms with Gasteiger partial charge in [0.2, 0.25) is 0 Å². The summed E-state index contributed by atoms with van der Waals surface area (Å²) in [6.45, 7) is -0.0784. The molecule has 0 heterocycles. The van der Waals surface area contributed by atoms with Crippen LogP contribution in [0.4, 0.5) is 5.69 Å². The molecule has 0 aliphatic rings. The summed E-state index contributed by atoms with van der Waals surface area (Å²) in [6, 6.07) is 5.44. The van der Waals surface area contributed by atoms with Crippen molar-refractivity contribution in [1.82, 2.24) is 6.15 Å². The van der Waals surface area contributed by atoms with Gasteiger partial charge < -0.3 is 11.6 Å². The summed E-state index contributed by atoms with van der Waals surface area (Å²) in [5.41, 5.74) is 3.54. The van der Waals surface area contributed by atoms with Gasteiger partial charge in [-0.15, -0.1) is 0 Å². The molecule has 0 radical (unpaired) electrons. The largest absolute Gasteiger partial charge is 0.375 e.